The van der Waals surface area contributed by atoms with Gasteiger partial charge in [-0.1, -0.05) is 36.4 Å². The molecule has 4 nitrogen and oxygen atoms in total. The number of carboxylic acid groups (broad SMARTS) is 1. The minimum atomic E-state index is -0.976. The van der Waals surface area contributed by atoms with Crippen LogP contribution in [-0.4, -0.2) is 21.7 Å². The maximum atomic E-state index is 13.7. The van der Waals surface area contributed by atoms with Gasteiger partial charge >= 0.3 is 29.6 Å². The van der Waals surface area contributed by atoms with Crippen LogP contribution >= 0.6 is 11.8 Å². The molecule has 0 radical (unpaired) electrons. The first-order valence-corrected chi connectivity index (χ1v) is 13.5. The summed E-state index contributed by atoms with van der Waals surface area (Å²) >= 11 is 1.83. The summed E-state index contributed by atoms with van der Waals surface area (Å²) in [6.45, 7) is 0. The molecule has 8 heteroatoms. The smallest absolute Gasteiger partial charge is 0.550 e. The molecule has 0 saturated heterocycles. The Kier molecular flexibility index (Phi) is 8.33. The van der Waals surface area contributed by atoms with Crippen LogP contribution < -0.4 is 34.7 Å². The van der Waals surface area contributed by atoms with E-state index in [1.54, 1.807) is 18.3 Å². The fourth-order valence-electron chi connectivity index (χ4n) is 4.99. The zero-order valence-electron chi connectivity index (χ0n) is 21.3. The number of thioether (sulfide) groups is 1. The van der Waals surface area contributed by atoms with Crippen LogP contribution in [0.3, 0.4) is 0 Å². The van der Waals surface area contributed by atoms with Crippen molar-refractivity contribution in [3.8, 4) is 0 Å². The molecule has 2 aliphatic carbocycles. The molecule has 0 spiro atoms. The first-order valence-electron chi connectivity index (χ1n) is 12.5. The molecule has 2 heterocycles. The second kappa shape index (κ2) is 11.7. The van der Waals surface area contributed by atoms with Gasteiger partial charge in [0.25, 0.3) is 0 Å². The number of hydrogen-bond donors (Lipinski definition) is 0. The third-order valence-corrected chi connectivity index (χ3v) is 8.60. The van der Waals surface area contributed by atoms with E-state index in [2.05, 4.69) is 34.2 Å². The van der Waals surface area contributed by atoms with Gasteiger partial charge in [0.1, 0.15) is 0 Å². The molecule has 39 heavy (non-hydrogen) atoms. The number of benzene rings is 2. The largest absolute Gasteiger partial charge is 1.00 e. The molecule has 1 saturated carbocycles. The zero-order chi connectivity index (χ0) is 26.2. The average molecular weight is 549 g/mol. The first kappa shape index (κ1) is 27.7. The Morgan fingerprint density at radius 2 is 1.85 bits per heavy atom. The van der Waals surface area contributed by atoms with Crippen LogP contribution in [0.1, 0.15) is 51.7 Å². The molecule has 2 aromatic heterocycles. The summed E-state index contributed by atoms with van der Waals surface area (Å²) in [5.74, 6) is -1.32. The van der Waals surface area contributed by atoms with E-state index < -0.39 is 17.6 Å². The second-order valence-corrected chi connectivity index (χ2v) is 10.9. The van der Waals surface area contributed by atoms with Gasteiger partial charge < -0.3 is 9.90 Å². The number of aromatic nitrogens is 2. The maximum Gasteiger partial charge on any atom is 1.00 e. The fourth-order valence-corrected chi connectivity index (χ4v) is 6.60. The van der Waals surface area contributed by atoms with Crippen LogP contribution in [0.2, 0.25) is 0 Å². The Balaban J connectivity index is 0.00000308. The second-order valence-electron chi connectivity index (χ2n) is 9.77. The molecule has 0 bridgehead atoms. The van der Waals surface area contributed by atoms with Crippen molar-refractivity contribution in [1.29, 1.82) is 0 Å². The molecule has 0 N–H and O–H groups in total. The molecular weight excluding hydrogens is 525 g/mol. The van der Waals surface area contributed by atoms with Gasteiger partial charge in [-0.05, 0) is 89.1 Å². The van der Waals surface area contributed by atoms with E-state index in [1.165, 1.54) is 5.56 Å². The number of aliphatic carboxylic acids is 1. The standard InChI is InChI=1S/C31H24F2N2O2S.Na/c32-26-14-20-6-9-23(35-29(20)16-27(26)33)8-4-18-3-5-19-7-10-28-24(2-1-11-34-28)31(25(19)12-18)38-17-22-13-21(22)15-30(36)37;/h1-12,14,16,21-22,31H,13,15,17H2,(H,36,37);/q;+1/p-1/b8-4+;. The third-order valence-electron chi connectivity index (χ3n) is 7.14. The van der Waals surface area contributed by atoms with E-state index in [0.717, 1.165) is 46.7 Å². The van der Waals surface area contributed by atoms with E-state index in [4.69, 9.17) is 0 Å². The molecule has 4 aromatic rings. The van der Waals surface area contributed by atoms with Crippen molar-refractivity contribution in [3.63, 3.8) is 0 Å². The molecule has 0 aliphatic heterocycles. The monoisotopic (exact) mass is 548 g/mol. The van der Waals surface area contributed by atoms with Gasteiger partial charge in [0.2, 0.25) is 0 Å². The number of nitrogens with zero attached hydrogens (tertiary/aromatic N) is 2. The number of pyridine rings is 2. The van der Waals surface area contributed by atoms with E-state index >= 15 is 0 Å². The van der Waals surface area contributed by atoms with Crippen LogP contribution in [-0.2, 0) is 4.79 Å². The SMILES string of the molecule is O=C([O-])CC1CC1CSC1c2cc(/C=C/c3ccc4cc(F)c(F)cc4n3)ccc2C=Cc2ncccc21.[Na+]. The van der Waals surface area contributed by atoms with Gasteiger partial charge in [0, 0.05) is 23.6 Å². The third kappa shape index (κ3) is 6.17. The van der Waals surface area contributed by atoms with Crippen molar-refractivity contribution in [3.05, 3.63) is 106 Å². The normalized spacial score (nSPS) is 19.3. The van der Waals surface area contributed by atoms with Crippen molar-refractivity contribution in [2.24, 2.45) is 11.8 Å². The Bertz CT molecular complexity index is 1620. The van der Waals surface area contributed by atoms with Crippen LogP contribution in [0, 0.1) is 23.5 Å². The molecule has 3 unspecified atom stereocenters. The minimum Gasteiger partial charge on any atom is -0.550 e. The van der Waals surface area contributed by atoms with E-state index in [9.17, 15) is 18.7 Å². The van der Waals surface area contributed by atoms with Crippen LogP contribution in [0.15, 0.2) is 60.8 Å². The van der Waals surface area contributed by atoms with Crippen molar-refractivity contribution >= 4 is 52.9 Å². The predicted octanol–water partition coefficient (Wildman–Crippen LogP) is 3.16. The number of halogens is 2. The van der Waals surface area contributed by atoms with Gasteiger partial charge in [-0.15, -0.1) is 11.8 Å². The predicted molar refractivity (Wildman–Crippen MR) is 146 cm³/mol. The van der Waals surface area contributed by atoms with Crippen molar-refractivity contribution < 1.29 is 48.2 Å². The van der Waals surface area contributed by atoms with Gasteiger partial charge in [-0.3, -0.25) is 4.98 Å². The van der Waals surface area contributed by atoms with Gasteiger partial charge in [-0.2, -0.15) is 0 Å². The number of carbonyl (C=O) groups is 1. The summed E-state index contributed by atoms with van der Waals surface area (Å²) in [5, 5.41) is 11.6. The summed E-state index contributed by atoms with van der Waals surface area (Å²) in [7, 11) is 0. The summed E-state index contributed by atoms with van der Waals surface area (Å²) in [6.07, 6.45) is 10.8. The number of carbonyl (C=O) groups excluding carboxylic acids is 1. The van der Waals surface area contributed by atoms with E-state index in [-0.39, 0.29) is 47.1 Å². The molecule has 3 atom stereocenters. The van der Waals surface area contributed by atoms with Crippen LogP contribution in [0.4, 0.5) is 8.78 Å². The van der Waals surface area contributed by atoms with Crippen LogP contribution in [0.25, 0.3) is 35.2 Å². The van der Waals surface area contributed by atoms with E-state index in [1.807, 2.05) is 42.1 Å². The zero-order valence-corrected chi connectivity index (χ0v) is 24.1. The molecule has 1 fully saturated rings. The molecule has 2 aromatic carbocycles. The molecule has 6 rings (SSSR count). The molecular formula is C31H23F2N2NaO2S. The minimum absolute atomic E-state index is 0. The van der Waals surface area contributed by atoms with Gasteiger partial charge in [-0.25, -0.2) is 13.8 Å². The van der Waals surface area contributed by atoms with Crippen molar-refractivity contribution in [2.75, 3.05) is 5.75 Å². The van der Waals surface area contributed by atoms with Crippen molar-refractivity contribution in [1.82, 2.24) is 9.97 Å². The Morgan fingerprint density at radius 1 is 1.00 bits per heavy atom. The number of carboxylic acids is 1. The fraction of sp³-hybridized carbons (Fsp3) is 0.194. The Hall–Kier alpha value is -2.84. The Labute approximate surface area is 251 Å². The summed E-state index contributed by atoms with van der Waals surface area (Å²) < 4.78 is 27.2. The van der Waals surface area contributed by atoms with Gasteiger partial charge in [0.05, 0.1) is 22.2 Å². The first-order chi connectivity index (χ1) is 18.4. The summed E-state index contributed by atoms with van der Waals surface area (Å²) in [5.41, 5.74) is 6.38. The number of rotatable bonds is 7. The quantitative estimate of drug-likeness (QED) is 0.332. The van der Waals surface area contributed by atoms with E-state index in [0.29, 0.717) is 22.5 Å². The van der Waals surface area contributed by atoms with Gasteiger partial charge in [0.15, 0.2) is 11.6 Å². The average Bonchev–Trinajstić information content (AvgIpc) is 3.67. The number of fused-ring (bicyclic) bond motifs is 3. The molecule has 2 aliphatic rings. The maximum absolute atomic E-state index is 13.7. The summed E-state index contributed by atoms with van der Waals surface area (Å²) in [4.78, 5) is 20.0. The topological polar surface area (TPSA) is 65.9 Å². The number of hydrogen-bond acceptors (Lipinski definition) is 5. The summed E-state index contributed by atoms with van der Waals surface area (Å²) in [6, 6.07) is 16.1. The Morgan fingerprint density at radius 3 is 2.69 bits per heavy atom. The van der Waals surface area contributed by atoms with Crippen molar-refractivity contribution in [2.45, 2.75) is 18.1 Å². The molecule has 190 valence electrons. The van der Waals surface area contributed by atoms with Crippen LogP contribution in [0.5, 0.6) is 0 Å². The molecule has 0 amide bonds.